The molecule has 0 saturated carbocycles. The van der Waals surface area contributed by atoms with Crippen LogP contribution in [0, 0.1) is 5.92 Å². The van der Waals surface area contributed by atoms with Crippen molar-refractivity contribution < 1.29 is 14.7 Å². The van der Waals surface area contributed by atoms with Crippen molar-refractivity contribution in [1.82, 2.24) is 10.6 Å². The average molecular weight is 258 g/mol. The fraction of sp³-hybridized carbons (Fsp3) is 0.846. The highest BCUT2D eigenvalue weighted by molar-refractivity contribution is 5.76. The van der Waals surface area contributed by atoms with E-state index in [1.54, 1.807) is 6.92 Å². The lowest BCUT2D eigenvalue weighted by Gasteiger charge is -2.20. The van der Waals surface area contributed by atoms with Gasteiger partial charge in [0.25, 0.3) is 0 Å². The van der Waals surface area contributed by atoms with E-state index in [2.05, 4.69) is 31.4 Å². The van der Waals surface area contributed by atoms with Crippen molar-refractivity contribution in [2.24, 2.45) is 5.92 Å². The van der Waals surface area contributed by atoms with E-state index >= 15 is 0 Å². The van der Waals surface area contributed by atoms with Crippen LogP contribution in [0.2, 0.25) is 0 Å². The lowest BCUT2D eigenvalue weighted by Crippen LogP contribution is -2.38. The maximum atomic E-state index is 11.4. The number of nitrogens with one attached hydrogen (secondary N) is 2. The van der Waals surface area contributed by atoms with Crippen LogP contribution in [0.4, 0.5) is 0 Å². The van der Waals surface area contributed by atoms with E-state index in [1.165, 1.54) is 0 Å². The van der Waals surface area contributed by atoms with Gasteiger partial charge < -0.3 is 15.7 Å². The molecule has 1 amide bonds. The Kier molecular flexibility index (Phi) is 7.59. The second kappa shape index (κ2) is 8.08. The molecule has 0 aromatic rings. The molecule has 3 N–H and O–H groups in total. The van der Waals surface area contributed by atoms with Gasteiger partial charge in [0.15, 0.2) is 0 Å². The summed E-state index contributed by atoms with van der Waals surface area (Å²) in [5, 5.41) is 14.7. The molecule has 106 valence electrons. The number of carboxylic acids is 1. The molecule has 0 aliphatic carbocycles. The minimum absolute atomic E-state index is 0.00901. The second-order valence-corrected chi connectivity index (χ2v) is 5.66. The quantitative estimate of drug-likeness (QED) is 0.575. The van der Waals surface area contributed by atoms with Gasteiger partial charge in [-0.2, -0.15) is 0 Å². The van der Waals surface area contributed by atoms with E-state index in [4.69, 9.17) is 5.11 Å². The Bertz CT molecular complexity index is 272. The summed E-state index contributed by atoms with van der Waals surface area (Å²) >= 11 is 0. The number of hydrogen-bond acceptors (Lipinski definition) is 3. The van der Waals surface area contributed by atoms with Gasteiger partial charge in [0.1, 0.15) is 0 Å². The van der Waals surface area contributed by atoms with Crippen LogP contribution >= 0.6 is 0 Å². The summed E-state index contributed by atoms with van der Waals surface area (Å²) in [5.74, 6) is -1.12. The summed E-state index contributed by atoms with van der Waals surface area (Å²) in [7, 11) is 0. The van der Waals surface area contributed by atoms with Gasteiger partial charge in [-0.05, 0) is 33.6 Å². The summed E-state index contributed by atoms with van der Waals surface area (Å²) in [6.07, 6.45) is 1.74. The van der Waals surface area contributed by atoms with Crippen LogP contribution < -0.4 is 10.6 Å². The molecular weight excluding hydrogens is 232 g/mol. The minimum atomic E-state index is -0.782. The zero-order valence-corrected chi connectivity index (χ0v) is 11.9. The van der Waals surface area contributed by atoms with Gasteiger partial charge in [-0.1, -0.05) is 6.92 Å². The van der Waals surface area contributed by atoms with Crippen LogP contribution in [0.25, 0.3) is 0 Å². The monoisotopic (exact) mass is 258 g/mol. The summed E-state index contributed by atoms with van der Waals surface area (Å²) in [6.45, 7) is 9.04. The number of hydrogen-bond donors (Lipinski definition) is 3. The van der Waals surface area contributed by atoms with Gasteiger partial charge in [0.05, 0.1) is 5.92 Å². The van der Waals surface area contributed by atoms with Crippen molar-refractivity contribution in [3.05, 3.63) is 0 Å². The third-order valence-electron chi connectivity index (χ3n) is 2.57. The molecule has 0 fully saturated rings. The molecule has 1 atom stereocenters. The molecule has 5 nitrogen and oxygen atoms in total. The van der Waals surface area contributed by atoms with Crippen molar-refractivity contribution in [3.63, 3.8) is 0 Å². The Labute approximate surface area is 109 Å². The average Bonchev–Trinajstić information content (AvgIpc) is 2.22. The molecule has 5 heteroatoms. The van der Waals surface area contributed by atoms with E-state index < -0.39 is 5.97 Å². The third kappa shape index (κ3) is 10.1. The molecule has 0 saturated heterocycles. The summed E-state index contributed by atoms with van der Waals surface area (Å²) in [6, 6.07) is 0. The molecule has 1 unspecified atom stereocenters. The Morgan fingerprint density at radius 3 is 2.33 bits per heavy atom. The predicted molar refractivity (Wildman–Crippen MR) is 71.4 cm³/mol. The molecular formula is C13H26N2O3. The normalized spacial score (nSPS) is 13.1. The SMILES string of the molecule is CC(CCCNC(=O)CCNC(C)(C)C)C(=O)O. The number of aliphatic carboxylic acids is 1. The second-order valence-electron chi connectivity index (χ2n) is 5.66. The van der Waals surface area contributed by atoms with Crippen molar-refractivity contribution in [1.29, 1.82) is 0 Å². The predicted octanol–water partition coefficient (Wildman–Crippen LogP) is 1.38. The van der Waals surface area contributed by atoms with E-state index in [-0.39, 0.29) is 17.4 Å². The Morgan fingerprint density at radius 2 is 1.83 bits per heavy atom. The highest BCUT2D eigenvalue weighted by Gasteiger charge is 2.11. The van der Waals surface area contributed by atoms with Gasteiger partial charge >= 0.3 is 5.97 Å². The van der Waals surface area contributed by atoms with Crippen molar-refractivity contribution in [3.8, 4) is 0 Å². The first-order chi connectivity index (χ1) is 8.22. The standard InChI is InChI=1S/C13H26N2O3/c1-10(12(17)18)6-5-8-14-11(16)7-9-15-13(2,3)4/h10,15H,5-9H2,1-4H3,(H,14,16)(H,17,18). The van der Waals surface area contributed by atoms with E-state index in [0.717, 1.165) is 0 Å². The Hall–Kier alpha value is -1.10. The molecule has 0 radical (unpaired) electrons. The van der Waals surface area contributed by atoms with Gasteiger partial charge in [-0.3, -0.25) is 9.59 Å². The number of carboxylic acid groups (broad SMARTS) is 1. The summed E-state index contributed by atoms with van der Waals surface area (Å²) < 4.78 is 0. The zero-order chi connectivity index (χ0) is 14.2. The molecule has 0 aromatic carbocycles. The Balaban J connectivity index is 3.52. The summed E-state index contributed by atoms with van der Waals surface area (Å²) in [4.78, 5) is 22.0. The third-order valence-corrected chi connectivity index (χ3v) is 2.57. The van der Waals surface area contributed by atoms with Crippen LogP contribution in [-0.2, 0) is 9.59 Å². The first-order valence-electron chi connectivity index (χ1n) is 6.47. The van der Waals surface area contributed by atoms with Crippen LogP contribution in [0.15, 0.2) is 0 Å². The van der Waals surface area contributed by atoms with Crippen molar-refractivity contribution >= 4 is 11.9 Å². The zero-order valence-electron chi connectivity index (χ0n) is 11.9. The fourth-order valence-electron chi connectivity index (χ4n) is 1.40. The van der Waals surface area contributed by atoms with Gasteiger partial charge in [-0.25, -0.2) is 0 Å². The van der Waals surface area contributed by atoms with Crippen LogP contribution in [-0.4, -0.2) is 35.6 Å². The lowest BCUT2D eigenvalue weighted by molar-refractivity contribution is -0.141. The highest BCUT2D eigenvalue weighted by Crippen LogP contribution is 2.04. The maximum Gasteiger partial charge on any atom is 0.306 e. The molecule has 0 spiro atoms. The minimum Gasteiger partial charge on any atom is -0.481 e. The number of carbonyl (C=O) groups is 2. The molecule has 0 aromatic heterocycles. The van der Waals surface area contributed by atoms with E-state index in [1.807, 2.05) is 0 Å². The van der Waals surface area contributed by atoms with Crippen molar-refractivity contribution in [2.75, 3.05) is 13.1 Å². The molecule has 0 bridgehead atoms. The molecule has 0 aliphatic heterocycles. The van der Waals surface area contributed by atoms with Crippen LogP contribution in [0.5, 0.6) is 0 Å². The largest absolute Gasteiger partial charge is 0.481 e. The highest BCUT2D eigenvalue weighted by atomic mass is 16.4. The number of carbonyl (C=O) groups excluding carboxylic acids is 1. The van der Waals surface area contributed by atoms with Gasteiger partial charge in [0.2, 0.25) is 5.91 Å². The number of rotatable bonds is 8. The molecule has 0 aliphatic rings. The van der Waals surface area contributed by atoms with E-state index in [0.29, 0.717) is 32.4 Å². The maximum absolute atomic E-state index is 11.4. The fourth-order valence-corrected chi connectivity index (χ4v) is 1.40. The van der Waals surface area contributed by atoms with Gasteiger partial charge in [-0.15, -0.1) is 0 Å². The topological polar surface area (TPSA) is 78.4 Å². The smallest absolute Gasteiger partial charge is 0.306 e. The molecule has 0 heterocycles. The first-order valence-corrected chi connectivity index (χ1v) is 6.47. The first kappa shape index (κ1) is 16.9. The van der Waals surface area contributed by atoms with Gasteiger partial charge in [0, 0.05) is 25.0 Å². The van der Waals surface area contributed by atoms with E-state index in [9.17, 15) is 9.59 Å². The number of amides is 1. The molecule has 18 heavy (non-hydrogen) atoms. The van der Waals surface area contributed by atoms with Crippen LogP contribution in [0.3, 0.4) is 0 Å². The van der Waals surface area contributed by atoms with Crippen LogP contribution in [0.1, 0.15) is 47.0 Å². The Morgan fingerprint density at radius 1 is 1.22 bits per heavy atom. The molecule has 0 rings (SSSR count). The van der Waals surface area contributed by atoms with Crippen molar-refractivity contribution in [2.45, 2.75) is 52.5 Å². The summed E-state index contributed by atoms with van der Waals surface area (Å²) in [5.41, 5.74) is 0.0250. The lowest BCUT2D eigenvalue weighted by atomic mass is 10.1.